The fourth-order valence-electron chi connectivity index (χ4n) is 4.85. The molecule has 1 aromatic rings. The Hall–Kier alpha value is -1.64. The van der Waals surface area contributed by atoms with Gasteiger partial charge >= 0.3 is 0 Å². The zero-order chi connectivity index (χ0) is 20.5. The molecule has 0 aromatic heterocycles. The minimum absolute atomic E-state index is 0.134. The second kappa shape index (κ2) is 8.24. The van der Waals surface area contributed by atoms with Crippen molar-refractivity contribution >= 4 is 21.4 Å². The van der Waals surface area contributed by atoms with Crippen molar-refractivity contribution < 1.29 is 18.4 Å². The Bertz CT molecular complexity index is 822. The van der Waals surface area contributed by atoms with Gasteiger partial charge in [-0.05, 0) is 62.8 Å². The molecule has 0 unspecified atom stereocenters. The van der Waals surface area contributed by atoms with Crippen molar-refractivity contribution in [1.29, 1.82) is 0 Å². The predicted octanol–water partition coefficient (Wildman–Crippen LogP) is 2.71. The Labute approximate surface area is 172 Å². The minimum atomic E-state index is -3.94. The van der Waals surface area contributed by atoms with Gasteiger partial charge in [0.2, 0.25) is 0 Å². The van der Waals surface area contributed by atoms with E-state index in [0.717, 1.165) is 31.4 Å². The molecule has 2 saturated carbocycles. The second-order valence-corrected chi connectivity index (χ2v) is 11.0. The van der Waals surface area contributed by atoms with Crippen LogP contribution in [-0.2, 0) is 14.6 Å². The lowest BCUT2D eigenvalue weighted by molar-refractivity contribution is -0.133. The van der Waals surface area contributed by atoms with Crippen molar-refractivity contribution in [2.45, 2.75) is 79.5 Å². The third kappa shape index (κ3) is 4.02. The predicted molar refractivity (Wildman–Crippen MR) is 111 cm³/mol. The van der Waals surface area contributed by atoms with Crippen molar-refractivity contribution in [1.82, 2.24) is 10.4 Å². The number of benzene rings is 1. The smallest absolute Gasteiger partial charge is 0.265 e. The molecular formula is C21H31N3O4S. The molecule has 0 radical (unpaired) electrons. The van der Waals surface area contributed by atoms with Crippen molar-refractivity contribution in [3.8, 4) is 0 Å². The number of likely N-dealkylation sites (tertiary alicyclic amines) is 1. The van der Waals surface area contributed by atoms with Gasteiger partial charge in [0, 0.05) is 30.9 Å². The highest BCUT2D eigenvalue weighted by molar-refractivity contribution is 7.93. The fourth-order valence-corrected chi connectivity index (χ4v) is 6.80. The Balaban J connectivity index is 1.53. The maximum absolute atomic E-state index is 13.5. The van der Waals surface area contributed by atoms with Crippen molar-refractivity contribution in [3.63, 3.8) is 0 Å². The molecular weight excluding hydrogens is 390 g/mol. The number of hydrogen-bond donors (Lipinski definition) is 3. The molecule has 1 aliphatic heterocycles. The molecule has 3 fully saturated rings. The summed E-state index contributed by atoms with van der Waals surface area (Å²) in [6.45, 7) is 1.11. The molecule has 3 aliphatic rings. The van der Waals surface area contributed by atoms with Gasteiger partial charge < -0.3 is 10.2 Å². The lowest BCUT2D eigenvalue weighted by Gasteiger charge is -2.39. The van der Waals surface area contributed by atoms with Crippen molar-refractivity contribution in [2.24, 2.45) is 0 Å². The van der Waals surface area contributed by atoms with Crippen molar-refractivity contribution in [3.05, 3.63) is 24.3 Å². The van der Waals surface area contributed by atoms with E-state index in [2.05, 4.69) is 10.2 Å². The standard InChI is InChI=1S/C21H31N3O4S/c25-20(23-26)21(12-14-24(15-13-21)18-8-9-18)29(27,28)19-10-6-17(7-11-19)22-16-4-2-1-3-5-16/h6-7,10-11,16,18,22,26H,1-5,8-9,12-15H2,(H,23,25). The van der Waals surface area contributed by atoms with Gasteiger partial charge in [-0.15, -0.1) is 0 Å². The van der Waals surface area contributed by atoms with Crippen LogP contribution in [0.15, 0.2) is 29.2 Å². The molecule has 3 N–H and O–H groups in total. The molecule has 8 heteroatoms. The highest BCUT2D eigenvalue weighted by atomic mass is 32.2. The average molecular weight is 422 g/mol. The van der Waals surface area contributed by atoms with E-state index >= 15 is 0 Å². The molecule has 0 bridgehead atoms. The molecule has 1 heterocycles. The van der Waals surface area contributed by atoms with Gasteiger partial charge in [0.1, 0.15) is 0 Å². The van der Waals surface area contributed by atoms with E-state index in [1.54, 1.807) is 29.7 Å². The second-order valence-electron chi connectivity index (χ2n) is 8.71. The van der Waals surface area contributed by atoms with E-state index in [4.69, 9.17) is 0 Å². The number of nitrogens with one attached hydrogen (secondary N) is 2. The lowest BCUT2D eigenvalue weighted by atomic mass is 9.94. The monoisotopic (exact) mass is 421 g/mol. The average Bonchev–Trinajstić information content (AvgIpc) is 3.60. The summed E-state index contributed by atoms with van der Waals surface area (Å²) in [4.78, 5) is 15.0. The summed E-state index contributed by atoms with van der Waals surface area (Å²) in [6, 6.07) is 7.69. The van der Waals surface area contributed by atoms with Gasteiger partial charge in [-0.1, -0.05) is 19.3 Å². The van der Waals surface area contributed by atoms with Gasteiger partial charge in [-0.25, -0.2) is 13.9 Å². The molecule has 1 saturated heterocycles. The molecule has 1 amide bonds. The third-order valence-electron chi connectivity index (χ3n) is 6.84. The highest BCUT2D eigenvalue weighted by Gasteiger charge is 2.53. The highest BCUT2D eigenvalue weighted by Crippen LogP contribution is 2.39. The summed E-state index contributed by atoms with van der Waals surface area (Å²) >= 11 is 0. The number of piperidine rings is 1. The van der Waals surface area contributed by atoms with Crippen LogP contribution in [0.1, 0.15) is 57.8 Å². The number of hydroxylamine groups is 1. The third-order valence-corrected chi connectivity index (χ3v) is 9.35. The largest absolute Gasteiger partial charge is 0.382 e. The summed E-state index contributed by atoms with van der Waals surface area (Å²) in [7, 11) is -3.94. The fraction of sp³-hybridized carbons (Fsp3) is 0.667. The molecule has 0 atom stereocenters. The number of hydrogen-bond acceptors (Lipinski definition) is 6. The summed E-state index contributed by atoms with van der Waals surface area (Å²) in [5, 5.41) is 12.8. The maximum atomic E-state index is 13.5. The van der Waals surface area contributed by atoms with Crippen LogP contribution >= 0.6 is 0 Å². The van der Waals surface area contributed by atoms with E-state index in [-0.39, 0.29) is 17.7 Å². The van der Waals surface area contributed by atoms with Gasteiger partial charge in [0.25, 0.3) is 5.91 Å². The van der Waals surface area contributed by atoms with E-state index < -0.39 is 20.5 Å². The van der Waals surface area contributed by atoms with Crippen LogP contribution in [-0.4, -0.2) is 54.4 Å². The van der Waals surface area contributed by atoms with E-state index in [1.807, 2.05) is 0 Å². The van der Waals surface area contributed by atoms with Gasteiger partial charge in [0.05, 0.1) is 4.90 Å². The zero-order valence-corrected chi connectivity index (χ0v) is 17.6. The first kappa shape index (κ1) is 20.6. The van der Waals surface area contributed by atoms with E-state index in [0.29, 0.717) is 25.2 Å². The topological polar surface area (TPSA) is 98.7 Å². The maximum Gasteiger partial charge on any atom is 0.265 e. The first-order chi connectivity index (χ1) is 14.0. The first-order valence-corrected chi connectivity index (χ1v) is 12.2. The van der Waals surface area contributed by atoms with Crippen LogP contribution in [0, 0.1) is 0 Å². The molecule has 29 heavy (non-hydrogen) atoms. The number of anilines is 1. The normalized spacial score (nSPS) is 23.5. The molecule has 0 spiro atoms. The number of carbonyl (C=O) groups excluding carboxylic acids is 1. The molecule has 1 aromatic carbocycles. The van der Waals surface area contributed by atoms with Crippen LogP contribution in [0.2, 0.25) is 0 Å². The summed E-state index contributed by atoms with van der Waals surface area (Å²) < 4.78 is 25.4. The number of nitrogens with zero attached hydrogens (tertiary/aromatic N) is 1. The van der Waals surface area contributed by atoms with Gasteiger partial charge in [-0.2, -0.15) is 0 Å². The van der Waals surface area contributed by atoms with Crippen molar-refractivity contribution in [2.75, 3.05) is 18.4 Å². The van der Waals surface area contributed by atoms with Gasteiger partial charge in [-0.3, -0.25) is 10.0 Å². The Morgan fingerprint density at radius 3 is 2.17 bits per heavy atom. The van der Waals surface area contributed by atoms with Crippen LogP contribution in [0.25, 0.3) is 0 Å². The Morgan fingerprint density at radius 2 is 1.62 bits per heavy atom. The SMILES string of the molecule is O=C(NO)C1(S(=O)(=O)c2ccc(NC3CCCCC3)cc2)CCN(C2CC2)CC1. The summed E-state index contributed by atoms with van der Waals surface area (Å²) in [5.74, 6) is -0.822. The molecule has 7 nitrogen and oxygen atoms in total. The molecule has 2 aliphatic carbocycles. The lowest BCUT2D eigenvalue weighted by Crippen LogP contribution is -2.58. The number of amides is 1. The minimum Gasteiger partial charge on any atom is -0.382 e. The van der Waals surface area contributed by atoms with Crippen LogP contribution < -0.4 is 10.8 Å². The molecule has 160 valence electrons. The Morgan fingerprint density at radius 1 is 1.00 bits per heavy atom. The Kier molecular flexibility index (Phi) is 5.86. The zero-order valence-electron chi connectivity index (χ0n) is 16.8. The molecule has 4 rings (SSSR count). The summed E-state index contributed by atoms with van der Waals surface area (Å²) in [6.07, 6.45) is 8.67. The summed E-state index contributed by atoms with van der Waals surface area (Å²) in [5.41, 5.74) is 2.53. The first-order valence-electron chi connectivity index (χ1n) is 10.8. The van der Waals surface area contributed by atoms with E-state index in [1.165, 1.54) is 19.3 Å². The quantitative estimate of drug-likeness (QED) is 0.483. The number of carbonyl (C=O) groups is 1. The number of rotatable bonds is 6. The number of sulfone groups is 1. The van der Waals surface area contributed by atoms with E-state index in [9.17, 15) is 18.4 Å². The van der Waals surface area contributed by atoms with Crippen LogP contribution in [0.4, 0.5) is 5.69 Å². The van der Waals surface area contributed by atoms with Gasteiger partial charge in [0.15, 0.2) is 14.6 Å². The van der Waals surface area contributed by atoms with Crippen LogP contribution in [0.5, 0.6) is 0 Å². The van der Waals surface area contributed by atoms with Crippen LogP contribution in [0.3, 0.4) is 0 Å².